The average molecular weight is 389 g/mol. The maximum atomic E-state index is 13.4. The number of rotatable bonds is 2. The lowest BCUT2D eigenvalue weighted by Gasteiger charge is -2.32. The maximum absolute atomic E-state index is 13.4. The first-order valence-corrected chi connectivity index (χ1v) is 9.80. The monoisotopic (exact) mass is 389 g/mol. The number of carbonyl (C=O) groups is 2. The van der Waals surface area contributed by atoms with Gasteiger partial charge >= 0.3 is 0 Å². The molecule has 29 heavy (non-hydrogen) atoms. The highest BCUT2D eigenvalue weighted by Crippen LogP contribution is 2.50. The van der Waals surface area contributed by atoms with E-state index < -0.39 is 5.72 Å². The van der Waals surface area contributed by atoms with E-state index >= 15 is 0 Å². The zero-order valence-corrected chi connectivity index (χ0v) is 15.6. The summed E-state index contributed by atoms with van der Waals surface area (Å²) in [7, 11) is 0. The van der Waals surface area contributed by atoms with Crippen LogP contribution in [-0.4, -0.2) is 61.1 Å². The Balaban J connectivity index is 1.34. The maximum Gasteiger partial charge on any atom is 0.258 e. The van der Waals surface area contributed by atoms with Crippen LogP contribution in [0, 0.1) is 0 Å². The first-order chi connectivity index (χ1) is 14.2. The Morgan fingerprint density at radius 3 is 2.90 bits per heavy atom. The van der Waals surface area contributed by atoms with Gasteiger partial charge in [0.25, 0.3) is 5.91 Å². The van der Waals surface area contributed by atoms with Crippen LogP contribution in [0.25, 0.3) is 5.65 Å². The van der Waals surface area contributed by atoms with Crippen LogP contribution in [-0.2, 0) is 9.53 Å². The van der Waals surface area contributed by atoms with Crippen molar-refractivity contribution in [2.75, 3.05) is 13.1 Å². The highest BCUT2D eigenvalue weighted by molar-refractivity contribution is 6.00. The lowest BCUT2D eigenvalue weighted by Crippen LogP contribution is -2.48. The highest BCUT2D eigenvalue weighted by Gasteiger charge is 2.65. The van der Waals surface area contributed by atoms with Crippen molar-refractivity contribution in [1.29, 1.82) is 0 Å². The predicted molar refractivity (Wildman–Crippen MR) is 102 cm³/mol. The summed E-state index contributed by atoms with van der Waals surface area (Å²) in [6.07, 6.45) is 4.13. The number of hydrogen-bond acceptors (Lipinski definition) is 5. The number of fused-ring (bicyclic) bond motifs is 1. The van der Waals surface area contributed by atoms with Crippen LogP contribution in [0.4, 0.5) is 0 Å². The molecule has 5 heterocycles. The van der Waals surface area contributed by atoms with Gasteiger partial charge in [-0.05, 0) is 17.7 Å². The molecule has 1 spiro atoms. The van der Waals surface area contributed by atoms with Gasteiger partial charge in [-0.15, -0.1) is 10.2 Å². The van der Waals surface area contributed by atoms with Gasteiger partial charge in [0.1, 0.15) is 12.4 Å². The Bertz CT molecular complexity index is 1130. The number of nitrogens with zero attached hydrogens (tertiary/aromatic N) is 5. The summed E-state index contributed by atoms with van der Waals surface area (Å²) in [4.78, 5) is 29.8. The van der Waals surface area contributed by atoms with Crippen LogP contribution in [0.1, 0.15) is 34.9 Å². The van der Waals surface area contributed by atoms with Gasteiger partial charge in [0.05, 0.1) is 24.6 Å². The third-order valence-corrected chi connectivity index (χ3v) is 6.41. The van der Waals surface area contributed by atoms with Gasteiger partial charge in [-0.1, -0.05) is 30.3 Å². The molecule has 3 atom stereocenters. The van der Waals surface area contributed by atoms with Crippen molar-refractivity contribution in [3.8, 4) is 0 Å². The molecule has 3 aliphatic rings. The Morgan fingerprint density at radius 2 is 2.03 bits per heavy atom. The van der Waals surface area contributed by atoms with Gasteiger partial charge in [-0.2, -0.15) is 0 Å². The number of aromatic nitrogens is 3. The normalized spacial score (nSPS) is 28.2. The molecular weight excluding hydrogens is 370 g/mol. The van der Waals surface area contributed by atoms with E-state index in [0.717, 1.165) is 5.56 Å². The topological polar surface area (TPSA) is 80.0 Å². The summed E-state index contributed by atoms with van der Waals surface area (Å²) in [5.74, 6) is -0.0847. The summed E-state index contributed by atoms with van der Waals surface area (Å²) in [5.41, 5.74) is 1.34. The van der Waals surface area contributed by atoms with Gasteiger partial charge in [0, 0.05) is 19.2 Å². The Labute approximate surface area is 166 Å². The molecule has 0 saturated carbocycles. The van der Waals surface area contributed by atoms with Gasteiger partial charge in [0.2, 0.25) is 5.91 Å². The third-order valence-electron chi connectivity index (χ3n) is 6.41. The Hall–Kier alpha value is -3.26. The predicted octanol–water partition coefficient (Wildman–Crippen LogP) is 1.64. The minimum atomic E-state index is -0.730. The molecule has 3 saturated heterocycles. The van der Waals surface area contributed by atoms with E-state index in [9.17, 15) is 9.59 Å². The molecule has 146 valence electrons. The van der Waals surface area contributed by atoms with Crippen LogP contribution >= 0.6 is 0 Å². The first-order valence-electron chi connectivity index (χ1n) is 9.80. The van der Waals surface area contributed by atoms with Crippen LogP contribution in [0.3, 0.4) is 0 Å². The van der Waals surface area contributed by atoms with Crippen molar-refractivity contribution in [2.45, 2.75) is 30.7 Å². The molecule has 3 aromatic rings. The zero-order valence-electron chi connectivity index (χ0n) is 15.6. The largest absolute Gasteiger partial charge is 0.343 e. The molecule has 2 aromatic heterocycles. The second-order valence-corrected chi connectivity index (χ2v) is 7.82. The molecule has 0 bridgehead atoms. The van der Waals surface area contributed by atoms with Crippen molar-refractivity contribution >= 4 is 17.5 Å². The number of carbonyl (C=O) groups excluding carboxylic acids is 2. The van der Waals surface area contributed by atoms with Crippen molar-refractivity contribution in [3.05, 3.63) is 66.1 Å². The van der Waals surface area contributed by atoms with E-state index in [0.29, 0.717) is 37.1 Å². The van der Waals surface area contributed by atoms with Crippen molar-refractivity contribution in [1.82, 2.24) is 24.4 Å². The Kier molecular flexibility index (Phi) is 3.37. The van der Waals surface area contributed by atoms with Crippen molar-refractivity contribution in [2.24, 2.45) is 0 Å². The highest BCUT2D eigenvalue weighted by atomic mass is 16.5. The number of pyridine rings is 1. The number of hydrogen-bond donors (Lipinski definition) is 0. The standard InChI is InChI=1S/C21H19N5O3/c27-18-11-17-21(26(18)12-16(29-21)14-5-2-1-3-6-14)8-10-25(17)20(28)15-7-4-9-24-13-22-23-19(15)24/h1-7,9,13,16-17H,8,10-12H2/t16-,17+,21-/m0/s1. The van der Waals surface area contributed by atoms with E-state index in [2.05, 4.69) is 10.2 Å². The number of amides is 2. The zero-order chi connectivity index (χ0) is 19.6. The Morgan fingerprint density at radius 1 is 1.17 bits per heavy atom. The lowest BCUT2D eigenvalue weighted by molar-refractivity contribution is -0.138. The van der Waals surface area contributed by atoms with Gasteiger partial charge < -0.3 is 14.5 Å². The quantitative estimate of drug-likeness (QED) is 0.666. The molecule has 0 N–H and O–H groups in total. The van der Waals surface area contributed by atoms with E-state index in [1.807, 2.05) is 41.4 Å². The van der Waals surface area contributed by atoms with Crippen LogP contribution < -0.4 is 0 Å². The molecule has 3 aliphatic heterocycles. The molecule has 0 unspecified atom stereocenters. The first kappa shape index (κ1) is 16.7. The second kappa shape index (κ2) is 5.87. The SMILES string of the molecule is O=C(c1cccn2cnnc12)N1CC[C@@]23O[C@H](c4ccccc4)CN2C(=O)C[C@@H]13. The van der Waals surface area contributed by atoms with Gasteiger partial charge in [-0.3, -0.25) is 14.0 Å². The molecule has 3 fully saturated rings. The second-order valence-electron chi connectivity index (χ2n) is 7.82. The molecule has 0 aliphatic carbocycles. The van der Waals surface area contributed by atoms with E-state index in [1.165, 1.54) is 0 Å². The number of benzene rings is 1. The van der Waals surface area contributed by atoms with Crippen LogP contribution in [0.5, 0.6) is 0 Å². The van der Waals surface area contributed by atoms with Crippen LogP contribution in [0.15, 0.2) is 55.0 Å². The molecule has 1 aromatic carbocycles. The van der Waals surface area contributed by atoms with E-state index in [4.69, 9.17) is 4.74 Å². The average Bonchev–Trinajstić information content (AvgIpc) is 3.49. The molecule has 8 heteroatoms. The lowest BCUT2D eigenvalue weighted by atomic mass is 10.1. The summed E-state index contributed by atoms with van der Waals surface area (Å²) in [5, 5.41) is 7.99. The molecule has 0 radical (unpaired) electrons. The third kappa shape index (κ3) is 2.23. The molecule has 6 rings (SSSR count). The van der Waals surface area contributed by atoms with Crippen LogP contribution in [0.2, 0.25) is 0 Å². The molecule has 8 nitrogen and oxygen atoms in total. The summed E-state index contributed by atoms with van der Waals surface area (Å²) < 4.78 is 8.25. The summed E-state index contributed by atoms with van der Waals surface area (Å²) >= 11 is 0. The van der Waals surface area contributed by atoms with Crippen molar-refractivity contribution < 1.29 is 14.3 Å². The fraction of sp³-hybridized carbons (Fsp3) is 0.333. The minimum absolute atomic E-state index is 0.0478. The fourth-order valence-electron chi connectivity index (χ4n) is 5.08. The number of likely N-dealkylation sites (tertiary alicyclic amines) is 1. The summed E-state index contributed by atoms with van der Waals surface area (Å²) in [6.45, 7) is 1.07. The summed E-state index contributed by atoms with van der Waals surface area (Å²) in [6, 6.07) is 13.2. The minimum Gasteiger partial charge on any atom is -0.343 e. The van der Waals surface area contributed by atoms with E-state index in [1.54, 1.807) is 27.8 Å². The van der Waals surface area contributed by atoms with Gasteiger partial charge in [-0.25, -0.2) is 0 Å². The van der Waals surface area contributed by atoms with E-state index in [-0.39, 0.29) is 24.0 Å². The molecular formula is C21H19N5O3. The molecule has 2 amide bonds. The van der Waals surface area contributed by atoms with Gasteiger partial charge in [0.15, 0.2) is 11.4 Å². The smallest absolute Gasteiger partial charge is 0.258 e. The number of ether oxygens (including phenoxy) is 1. The fourth-order valence-corrected chi connectivity index (χ4v) is 5.08. The van der Waals surface area contributed by atoms with Crippen molar-refractivity contribution in [3.63, 3.8) is 0 Å².